The molecule has 0 bridgehead atoms. The van der Waals surface area contributed by atoms with Crippen LogP contribution < -0.4 is 0 Å². The first-order chi connectivity index (χ1) is 12.5. The predicted molar refractivity (Wildman–Crippen MR) is 108 cm³/mol. The SMILES string of the molecule is C=C(C)C(=O)OC(CCCCCCCCCC)[N+](C)(C)CCCS(=O)(=O)[O-]. The molecular formula is C20H39NO5S. The van der Waals surface area contributed by atoms with Crippen molar-refractivity contribution < 1.29 is 27.0 Å². The van der Waals surface area contributed by atoms with Crippen molar-refractivity contribution in [3.8, 4) is 0 Å². The first-order valence-electron chi connectivity index (χ1n) is 10.1. The molecule has 0 aliphatic carbocycles. The summed E-state index contributed by atoms with van der Waals surface area (Å²) in [7, 11) is -0.422. The molecule has 7 heteroatoms. The number of nitrogens with zero attached hydrogens (tertiary/aromatic N) is 1. The summed E-state index contributed by atoms with van der Waals surface area (Å²) in [6.45, 7) is 7.90. The van der Waals surface area contributed by atoms with Gasteiger partial charge in [0.25, 0.3) is 0 Å². The summed E-state index contributed by atoms with van der Waals surface area (Å²) in [4.78, 5) is 12.0. The van der Waals surface area contributed by atoms with Gasteiger partial charge in [-0.05, 0) is 13.3 Å². The van der Waals surface area contributed by atoms with Gasteiger partial charge < -0.3 is 9.29 Å². The van der Waals surface area contributed by atoms with Crippen LogP contribution in [0, 0.1) is 0 Å². The molecule has 1 atom stereocenters. The van der Waals surface area contributed by atoms with Crippen LogP contribution in [0.4, 0.5) is 0 Å². The maximum absolute atomic E-state index is 12.0. The van der Waals surface area contributed by atoms with E-state index >= 15 is 0 Å². The van der Waals surface area contributed by atoms with Crippen molar-refractivity contribution in [2.75, 3.05) is 26.4 Å². The van der Waals surface area contributed by atoms with Crippen LogP contribution in [-0.2, 0) is 19.6 Å². The Balaban J connectivity index is 4.54. The normalized spacial score (nSPS) is 13.4. The molecule has 0 aromatic rings. The summed E-state index contributed by atoms with van der Waals surface area (Å²) in [6, 6.07) is 0. The van der Waals surface area contributed by atoms with Crippen LogP contribution in [0.2, 0.25) is 0 Å². The Morgan fingerprint density at radius 1 is 1.04 bits per heavy atom. The quantitative estimate of drug-likeness (QED) is 0.0968. The number of hydrogen-bond acceptors (Lipinski definition) is 5. The zero-order chi connectivity index (χ0) is 20.9. The Labute approximate surface area is 166 Å². The molecule has 0 saturated carbocycles. The topological polar surface area (TPSA) is 83.5 Å². The largest absolute Gasteiger partial charge is 0.748 e. The predicted octanol–water partition coefficient (Wildman–Crippen LogP) is 3.97. The van der Waals surface area contributed by atoms with Gasteiger partial charge in [0.05, 0.1) is 30.8 Å². The lowest BCUT2D eigenvalue weighted by Crippen LogP contribution is -2.52. The highest BCUT2D eigenvalue weighted by atomic mass is 32.2. The number of ether oxygens (including phenoxy) is 1. The number of unbranched alkanes of at least 4 members (excludes halogenated alkanes) is 7. The van der Waals surface area contributed by atoms with Crippen LogP contribution in [0.25, 0.3) is 0 Å². The van der Waals surface area contributed by atoms with Gasteiger partial charge in [-0.1, -0.05) is 58.4 Å². The summed E-state index contributed by atoms with van der Waals surface area (Å²) in [6.07, 6.45) is 10.1. The molecule has 0 aliphatic rings. The molecule has 0 aromatic heterocycles. The monoisotopic (exact) mass is 405 g/mol. The van der Waals surface area contributed by atoms with E-state index in [1.165, 1.54) is 38.5 Å². The number of carbonyl (C=O) groups is 1. The van der Waals surface area contributed by atoms with Crippen LogP contribution in [-0.4, -0.2) is 56.0 Å². The third-order valence-corrected chi connectivity index (χ3v) is 5.59. The zero-order valence-corrected chi connectivity index (χ0v) is 18.5. The second kappa shape index (κ2) is 13.3. The Bertz CT molecular complexity index is 543. The minimum absolute atomic E-state index is 0.247. The Kier molecular flexibility index (Phi) is 12.8. The maximum Gasteiger partial charge on any atom is 0.337 e. The maximum atomic E-state index is 12.0. The smallest absolute Gasteiger partial charge is 0.337 e. The molecule has 0 fully saturated rings. The average molecular weight is 406 g/mol. The summed E-state index contributed by atoms with van der Waals surface area (Å²) >= 11 is 0. The Hall–Kier alpha value is -0.920. The van der Waals surface area contributed by atoms with E-state index in [0.717, 1.165) is 12.8 Å². The van der Waals surface area contributed by atoms with Crippen molar-refractivity contribution in [2.24, 2.45) is 0 Å². The van der Waals surface area contributed by atoms with Crippen LogP contribution >= 0.6 is 0 Å². The molecule has 0 amide bonds. The minimum Gasteiger partial charge on any atom is -0.748 e. The average Bonchev–Trinajstić information content (AvgIpc) is 2.54. The molecule has 0 aliphatic heterocycles. The van der Waals surface area contributed by atoms with Gasteiger partial charge >= 0.3 is 5.97 Å². The molecule has 1 unspecified atom stereocenters. The number of quaternary nitrogens is 1. The number of esters is 1. The fourth-order valence-corrected chi connectivity index (χ4v) is 3.50. The van der Waals surface area contributed by atoms with Crippen LogP contribution in [0.3, 0.4) is 0 Å². The van der Waals surface area contributed by atoms with E-state index in [4.69, 9.17) is 4.74 Å². The molecule has 0 heterocycles. The van der Waals surface area contributed by atoms with Gasteiger partial charge in [-0.15, -0.1) is 0 Å². The van der Waals surface area contributed by atoms with E-state index < -0.39 is 21.8 Å². The summed E-state index contributed by atoms with van der Waals surface area (Å²) in [5, 5.41) is 0. The Morgan fingerprint density at radius 3 is 2.04 bits per heavy atom. The first-order valence-corrected chi connectivity index (χ1v) is 11.7. The van der Waals surface area contributed by atoms with Gasteiger partial charge in [0, 0.05) is 24.2 Å². The van der Waals surface area contributed by atoms with Crippen LogP contribution in [0.1, 0.15) is 78.1 Å². The molecule has 0 radical (unpaired) electrons. The first kappa shape index (κ1) is 26.1. The Morgan fingerprint density at radius 2 is 1.56 bits per heavy atom. The lowest BCUT2D eigenvalue weighted by Gasteiger charge is -2.37. The summed E-state index contributed by atoms with van der Waals surface area (Å²) in [5.74, 6) is -0.824. The third-order valence-electron chi connectivity index (χ3n) is 4.80. The van der Waals surface area contributed by atoms with Gasteiger partial charge in [-0.2, -0.15) is 0 Å². The molecule has 0 N–H and O–H groups in total. The highest BCUT2D eigenvalue weighted by molar-refractivity contribution is 7.85. The number of carbonyl (C=O) groups excluding carboxylic acids is 1. The lowest BCUT2D eigenvalue weighted by molar-refractivity contribution is -0.935. The van der Waals surface area contributed by atoms with E-state index in [0.29, 0.717) is 23.0 Å². The highest BCUT2D eigenvalue weighted by Crippen LogP contribution is 2.19. The van der Waals surface area contributed by atoms with E-state index in [1.54, 1.807) is 6.92 Å². The van der Waals surface area contributed by atoms with Crippen molar-refractivity contribution in [1.82, 2.24) is 0 Å². The molecular weight excluding hydrogens is 366 g/mol. The van der Waals surface area contributed by atoms with Gasteiger partial charge in [0.2, 0.25) is 6.23 Å². The van der Waals surface area contributed by atoms with Gasteiger partial charge in [-0.25, -0.2) is 13.2 Å². The van der Waals surface area contributed by atoms with E-state index in [-0.39, 0.29) is 12.6 Å². The zero-order valence-electron chi connectivity index (χ0n) is 17.7. The number of rotatable bonds is 16. The molecule has 0 spiro atoms. The summed E-state index contributed by atoms with van der Waals surface area (Å²) in [5.41, 5.74) is 0.345. The van der Waals surface area contributed by atoms with E-state index in [2.05, 4.69) is 13.5 Å². The fourth-order valence-electron chi connectivity index (χ4n) is 3.02. The van der Waals surface area contributed by atoms with Crippen molar-refractivity contribution in [3.63, 3.8) is 0 Å². The molecule has 0 rings (SSSR count). The van der Waals surface area contributed by atoms with Crippen molar-refractivity contribution in [1.29, 1.82) is 0 Å². The standard InChI is InChI=1S/C20H39NO5S/c1-6-7-8-9-10-11-12-13-15-19(26-20(22)18(2)3)21(4,5)16-14-17-27(23,24)25/h19H,2,6-17H2,1,3-5H3. The highest BCUT2D eigenvalue weighted by Gasteiger charge is 2.31. The molecule has 160 valence electrons. The minimum atomic E-state index is -4.22. The van der Waals surface area contributed by atoms with Crippen molar-refractivity contribution in [3.05, 3.63) is 12.2 Å². The van der Waals surface area contributed by atoms with Gasteiger partial charge in [0.1, 0.15) is 0 Å². The molecule has 0 saturated heterocycles. The summed E-state index contributed by atoms with van der Waals surface area (Å²) < 4.78 is 38.5. The molecule has 6 nitrogen and oxygen atoms in total. The third kappa shape index (κ3) is 13.8. The van der Waals surface area contributed by atoms with Gasteiger partial charge in [-0.3, -0.25) is 4.48 Å². The second-order valence-corrected chi connectivity index (χ2v) is 9.55. The fraction of sp³-hybridized carbons (Fsp3) is 0.850. The van der Waals surface area contributed by atoms with Crippen LogP contribution in [0.5, 0.6) is 0 Å². The van der Waals surface area contributed by atoms with Crippen molar-refractivity contribution >= 4 is 16.1 Å². The lowest BCUT2D eigenvalue weighted by atomic mass is 10.1. The van der Waals surface area contributed by atoms with Crippen molar-refractivity contribution in [2.45, 2.75) is 84.3 Å². The van der Waals surface area contributed by atoms with E-state index in [9.17, 15) is 17.8 Å². The second-order valence-electron chi connectivity index (χ2n) is 8.02. The molecule has 27 heavy (non-hydrogen) atoms. The van der Waals surface area contributed by atoms with Crippen LogP contribution in [0.15, 0.2) is 12.2 Å². The van der Waals surface area contributed by atoms with Gasteiger partial charge in [0.15, 0.2) is 0 Å². The number of hydrogen-bond donors (Lipinski definition) is 0. The van der Waals surface area contributed by atoms with E-state index in [1.807, 2.05) is 14.1 Å². The molecule has 0 aromatic carbocycles.